The van der Waals surface area contributed by atoms with Crippen LogP contribution in [0, 0.1) is 0 Å². The van der Waals surface area contributed by atoms with Gasteiger partial charge in [-0.15, -0.1) is 0 Å². The number of hydrogen-bond donors (Lipinski definition) is 1. The fraction of sp³-hybridized carbons (Fsp3) is 0.538. The Bertz CT molecular complexity index is 1190. The number of amides is 1. The number of nitrogens with one attached hydrogen (secondary N) is 1. The molecular formula is C26H33F3N4O4. The van der Waals surface area contributed by atoms with E-state index in [1.165, 1.54) is 14.2 Å². The Morgan fingerprint density at radius 3 is 2.41 bits per heavy atom. The smallest absolute Gasteiger partial charge is 0.410 e. The van der Waals surface area contributed by atoms with Gasteiger partial charge in [0.25, 0.3) is 0 Å². The molecular weight excluding hydrogens is 489 g/mol. The second kappa shape index (κ2) is 9.83. The average molecular weight is 523 g/mol. The minimum atomic E-state index is -4.49. The van der Waals surface area contributed by atoms with Crippen LogP contribution in [0.1, 0.15) is 63.9 Å². The first-order valence-electron chi connectivity index (χ1n) is 12.1. The van der Waals surface area contributed by atoms with Crippen LogP contribution in [0.4, 0.5) is 23.8 Å². The SMILES string of the molecule is COc1ccc(C2CC(C(F)(F)F)n3nc(C4=CCN(C(=O)OC(C)(C)C)C(C)C4)cc3N2)cc1OC. The Morgan fingerprint density at radius 2 is 1.81 bits per heavy atom. The van der Waals surface area contributed by atoms with Crippen molar-refractivity contribution in [2.75, 3.05) is 26.1 Å². The number of rotatable bonds is 4. The number of aromatic nitrogens is 2. The van der Waals surface area contributed by atoms with E-state index >= 15 is 0 Å². The lowest BCUT2D eigenvalue weighted by atomic mass is 9.96. The molecule has 0 spiro atoms. The van der Waals surface area contributed by atoms with Gasteiger partial charge in [0.15, 0.2) is 17.5 Å². The fourth-order valence-electron chi connectivity index (χ4n) is 4.70. The van der Waals surface area contributed by atoms with Crippen molar-refractivity contribution in [2.45, 2.75) is 70.4 Å². The molecule has 0 aliphatic carbocycles. The lowest BCUT2D eigenvalue weighted by molar-refractivity contribution is -0.173. The summed E-state index contributed by atoms with van der Waals surface area (Å²) in [5, 5.41) is 7.58. The normalized spacial score (nSPS) is 22.0. The summed E-state index contributed by atoms with van der Waals surface area (Å²) in [6, 6.07) is 4.15. The first-order chi connectivity index (χ1) is 17.3. The molecule has 0 fully saturated rings. The molecule has 11 heteroatoms. The minimum Gasteiger partial charge on any atom is -0.493 e. The Labute approximate surface area is 214 Å². The number of ether oxygens (including phenoxy) is 3. The van der Waals surface area contributed by atoms with Crippen LogP contribution in [0.2, 0.25) is 0 Å². The number of fused-ring (bicyclic) bond motifs is 1. The topological polar surface area (TPSA) is 77.9 Å². The maximum Gasteiger partial charge on any atom is 0.410 e. The van der Waals surface area contributed by atoms with E-state index in [1.807, 2.05) is 13.0 Å². The molecule has 0 saturated carbocycles. The largest absolute Gasteiger partial charge is 0.493 e. The molecule has 4 rings (SSSR count). The average Bonchev–Trinajstić information content (AvgIpc) is 3.25. The van der Waals surface area contributed by atoms with Crippen molar-refractivity contribution in [1.29, 1.82) is 0 Å². The summed E-state index contributed by atoms with van der Waals surface area (Å²) < 4.78 is 59.6. The van der Waals surface area contributed by atoms with Crippen LogP contribution in [0.3, 0.4) is 0 Å². The number of nitrogens with zero attached hydrogens (tertiary/aromatic N) is 3. The molecule has 1 aromatic heterocycles. The predicted octanol–water partition coefficient (Wildman–Crippen LogP) is 5.97. The molecule has 2 aromatic rings. The summed E-state index contributed by atoms with van der Waals surface area (Å²) in [5.41, 5.74) is 1.28. The highest BCUT2D eigenvalue weighted by molar-refractivity contribution is 5.73. The maximum atomic E-state index is 14.2. The Kier molecular flexibility index (Phi) is 7.09. The van der Waals surface area contributed by atoms with Gasteiger partial charge in [-0.25, -0.2) is 9.48 Å². The highest BCUT2D eigenvalue weighted by Crippen LogP contribution is 2.45. The summed E-state index contributed by atoms with van der Waals surface area (Å²) in [6.07, 6.45) is -2.86. The van der Waals surface area contributed by atoms with Crippen LogP contribution < -0.4 is 14.8 Å². The van der Waals surface area contributed by atoms with E-state index in [1.54, 1.807) is 49.9 Å². The molecule has 1 amide bonds. The van der Waals surface area contributed by atoms with Crippen molar-refractivity contribution < 1.29 is 32.2 Å². The molecule has 202 valence electrons. The van der Waals surface area contributed by atoms with Gasteiger partial charge < -0.3 is 24.4 Å². The van der Waals surface area contributed by atoms with E-state index in [0.29, 0.717) is 29.2 Å². The Balaban J connectivity index is 1.61. The zero-order valence-electron chi connectivity index (χ0n) is 21.8. The number of anilines is 1. The molecule has 0 saturated heterocycles. The molecule has 2 aliphatic heterocycles. The number of halogens is 3. The number of benzene rings is 1. The molecule has 8 nitrogen and oxygen atoms in total. The molecule has 3 heterocycles. The summed E-state index contributed by atoms with van der Waals surface area (Å²) in [4.78, 5) is 14.1. The Hall–Kier alpha value is -3.37. The predicted molar refractivity (Wildman–Crippen MR) is 133 cm³/mol. The van der Waals surface area contributed by atoms with E-state index in [0.717, 1.165) is 10.3 Å². The van der Waals surface area contributed by atoms with Gasteiger partial charge in [0.1, 0.15) is 11.4 Å². The third kappa shape index (κ3) is 5.65. The van der Waals surface area contributed by atoms with Gasteiger partial charge in [0.2, 0.25) is 0 Å². The van der Waals surface area contributed by atoms with E-state index < -0.39 is 30.0 Å². The molecule has 0 radical (unpaired) electrons. The van der Waals surface area contributed by atoms with Crippen molar-refractivity contribution in [2.24, 2.45) is 0 Å². The number of carbonyl (C=O) groups is 1. The van der Waals surface area contributed by atoms with Crippen molar-refractivity contribution in [3.8, 4) is 11.5 Å². The van der Waals surface area contributed by atoms with Gasteiger partial charge in [0, 0.05) is 25.1 Å². The Morgan fingerprint density at radius 1 is 1.11 bits per heavy atom. The highest BCUT2D eigenvalue weighted by Gasteiger charge is 2.47. The van der Waals surface area contributed by atoms with Gasteiger partial charge >= 0.3 is 12.3 Å². The van der Waals surface area contributed by atoms with Gasteiger partial charge in [-0.05, 0) is 57.4 Å². The standard InChI is InChI=1S/C26H33F3N4O4/c1-15-11-17(9-10-32(15)24(34)37-25(2,3)4)19-14-23-30-18(13-22(26(27,28)29)33(23)31-19)16-7-8-20(35-5)21(12-16)36-6/h7-9,12,14-15,18,22,30H,10-11,13H2,1-6H3. The van der Waals surface area contributed by atoms with Crippen LogP contribution in [-0.4, -0.2) is 59.4 Å². The van der Waals surface area contributed by atoms with E-state index in [9.17, 15) is 18.0 Å². The second-order valence-electron chi connectivity index (χ2n) is 10.4. The molecule has 1 aromatic carbocycles. The molecule has 0 bridgehead atoms. The van der Waals surface area contributed by atoms with Crippen LogP contribution >= 0.6 is 0 Å². The van der Waals surface area contributed by atoms with E-state index in [4.69, 9.17) is 14.2 Å². The van der Waals surface area contributed by atoms with Crippen LogP contribution in [0.5, 0.6) is 11.5 Å². The van der Waals surface area contributed by atoms with Gasteiger partial charge in [-0.3, -0.25) is 0 Å². The quantitative estimate of drug-likeness (QED) is 0.533. The lowest BCUT2D eigenvalue weighted by Crippen LogP contribution is -2.44. The minimum absolute atomic E-state index is 0.195. The van der Waals surface area contributed by atoms with E-state index in [-0.39, 0.29) is 24.8 Å². The highest BCUT2D eigenvalue weighted by atomic mass is 19.4. The third-order valence-corrected chi connectivity index (χ3v) is 6.54. The molecule has 37 heavy (non-hydrogen) atoms. The third-order valence-electron chi connectivity index (χ3n) is 6.54. The first-order valence-corrected chi connectivity index (χ1v) is 12.1. The van der Waals surface area contributed by atoms with Crippen molar-refractivity contribution in [3.63, 3.8) is 0 Å². The molecule has 2 aliphatic rings. The maximum absolute atomic E-state index is 14.2. The second-order valence-corrected chi connectivity index (χ2v) is 10.4. The summed E-state index contributed by atoms with van der Waals surface area (Å²) >= 11 is 0. The van der Waals surface area contributed by atoms with E-state index in [2.05, 4.69) is 10.4 Å². The van der Waals surface area contributed by atoms with Crippen LogP contribution in [-0.2, 0) is 4.74 Å². The zero-order valence-corrected chi connectivity index (χ0v) is 21.8. The lowest BCUT2D eigenvalue weighted by Gasteiger charge is -2.34. The first kappa shape index (κ1) is 26.7. The van der Waals surface area contributed by atoms with Crippen LogP contribution in [0.25, 0.3) is 5.57 Å². The monoisotopic (exact) mass is 522 g/mol. The number of methoxy groups -OCH3 is 2. The fourth-order valence-corrected chi connectivity index (χ4v) is 4.70. The molecule has 3 atom stereocenters. The van der Waals surface area contributed by atoms with Crippen LogP contribution in [0.15, 0.2) is 30.3 Å². The summed E-state index contributed by atoms with van der Waals surface area (Å²) in [6.45, 7) is 7.58. The number of hydrogen-bond acceptors (Lipinski definition) is 6. The zero-order chi connectivity index (χ0) is 27.1. The van der Waals surface area contributed by atoms with Crippen molar-refractivity contribution in [3.05, 3.63) is 41.6 Å². The number of alkyl halides is 3. The number of carbonyl (C=O) groups excluding carboxylic acids is 1. The summed E-state index contributed by atoms with van der Waals surface area (Å²) in [7, 11) is 2.99. The summed E-state index contributed by atoms with van der Waals surface area (Å²) in [5.74, 6) is 1.23. The van der Waals surface area contributed by atoms with Crippen molar-refractivity contribution >= 4 is 17.5 Å². The van der Waals surface area contributed by atoms with Gasteiger partial charge in [-0.2, -0.15) is 18.3 Å². The van der Waals surface area contributed by atoms with Gasteiger partial charge in [-0.1, -0.05) is 12.1 Å². The molecule has 1 N–H and O–H groups in total. The van der Waals surface area contributed by atoms with Gasteiger partial charge in [0.05, 0.1) is 26.0 Å². The van der Waals surface area contributed by atoms with Crippen molar-refractivity contribution in [1.82, 2.24) is 14.7 Å². The molecule has 3 unspecified atom stereocenters.